The van der Waals surface area contributed by atoms with E-state index < -0.39 is 12.0 Å². The largest absolute Gasteiger partial charge is 0.496 e. The molecule has 7 heteroatoms. The Hall–Kier alpha value is -2.02. The van der Waals surface area contributed by atoms with Gasteiger partial charge in [0.25, 0.3) is 0 Å². The van der Waals surface area contributed by atoms with Gasteiger partial charge in [-0.25, -0.2) is 4.98 Å². The first-order chi connectivity index (χ1) is 8.95. The van der Waals surface area contributed by atoms with Gasteiger partial charge < -0.3 is 15.5 Å². The quantitative estimate of drug-likeness (QED) is 0.901. The molecule has 1 heterocycles. The molecule has 0 aliphatic rings. The van der Waals surface area contributed by atoms with E-state index in [0.717, 1.165) is 6.20 Å². The van der Waals surface area contributed by atoms with E-state index in [9.17, 15) is 13.2 Å². The molecular weight excluding hydrogens is 259 g/mol. The van der Waals surface area contributed by atoms with Gasteiger partial charge in [0.1, 0.15) is 5.75 Å². The van der Waals surface area contributed by atoms with Gasteiger partial charge >= 0.3 is 6.18 Å². The van der Waals surface area contributed by atoms with Crippen LogP contribution in [0.15, 0.2) is 24.4 Å². The minimum absolute atomic E-state index is 0.233. The Balaban J connectivity index is 2.39. The minimum atomic E-state index is -4.48. The summed E-state index contributed by atoms with van der Waals surface area (Å²) < 4.78 is 42.4. The fourth-order valence-corrected chi connectivity index (χ4v) is 1.72. The smallest absolute Gasteiger partial charge is 0.449 e. The normalized spacial score (nSPS) is 11.6. The topological polar surface area (TPSA) is 63.9 Å². The van der Waals surface area contributed by atoms with Crippen molar-refractivity contribution < 1.29 is 17.9 Å². The lowest BCUT2D eigenvalue weighted by molar-refractivity contribution is -0.144. The Kier molecular flexibility index (Phi) is 3.48. The lowest BCUT2D eigenvalue weighted by atomic mass is 10.1. The number of rotatable bonds is 3. The molecule has 3 N–H and O–H groups in total. The fourth-order valence-electron chi connectivity index (χ4n) is 1.72. The van der Waals surface area contributed by atoms with Crippen LogP contribution in [0.5, 0.6) is 5.75 Å². The summed E-state index contributed by atoms with van der Waals surface area (Å²) in [6, 6.07) is 4.98. The zero-order valence-electron chi connectivity index (χ0n) is 10.1. The maximum atomic E-state index is 12.4. The van der Waals surface area contributed by atoms with Crippen LogP contribution in [0, 0.1) is 0 Å². The molecule has 0 unspecified atom stereocenters. The van der Waals surface area contributed by atoms with Crippen molar-refractivity contribution >= 4 is 0 Å². The Labute approximate surface area is 107 Å². The van der Waals surface area contributed by atoms with E-state index in [0.29, 0.717) is 16.9 Å². The van der Waals surface area contributed by atoms with E-state index in [1.807, 2.05) is 0 Å². The minimum Gasteiger partial charge on any atom is -0.496 e. The number of nitrogens with zero attached hydrogens (tertiary/aromatic N) is 1. The van der Waals surface area contributed by atoms with Gasteiger partial charge in [-0.05, 0) is 18.2 Å². The lowest BCUT2D eigenvalue weighted by Crippen LogP contribution is -2.07. The van der Waals surface area contributed by atoms with Crippen LogP contribution in [-0.4, -0.2) is 17.1 Å². The third-order valence-electron chi connectivity index (χ3n) is 2.66. The molecule has 0 fully saturated rings. The number of halogens is 3. The van der Waals surface area contributed by atoms with Crippen molar-refractivity contribution in [2.24, 2.45) is 5.73 Å². The van der Waals surface area contributed by atoms with Crippen LogP contribution in [0.1, 0.15) is 11.4 Å². The summed E-state index contributed by atoms with van der Waals surface area (Å²) in [5, 5.41) is 0. The predicted octanol–water partition coefficient (Wildman–Crippen LogP) is 2.56. The van der Waals surface area contributed by atoms with Crippen molar-refractivity contribution in [3.05, 3.63) is 35.8 Å². The van der Waals surface area contributed by atoms with Crippen LogP contribution < -0.4 is 10.5 Å². The second-order valence-corrected chi connectivity index (χ2v) is 3.87. The van der Waals surface area contributed by atoms with Gasteiger partial charge in [0.15, 0.2) is 0 Å². The van der Waals surface area contributed by atoms with Gasteiger partial charge in [-0.3, -0.25) is 0 Å². The van der Waals surface area contributed by atoms with Gasteiger partial charge in [0.2, 0.25) is 5.82 Å². The molecule has 2 rings (SSSR count). The summed E-state index contributed by atoms with van der Waals surface area (Å²) in [6.07, 6.45) is -3.34. The molecule has 4 nitrogen and oxygen atoms in total. The van der Waals surface area contributed by atoms with Crippen LogP contribution in [-0.2, 0) is 12.7 Å². The lowest BCUT2D eigenvalue weighted by Gasteiger charge is -2.08. The van der Waals surface area contributed by atoms with Crippen LogP contribution in [0.25, 0.3) is 11.3 Å². The van der Waals surface area contributed by atoms with Crippen molar-refractivity contribution in [2.45, 2.75) is 12.7 Å². The molecule has 0 radical (unpaired) electrons. The van der Waals surface area contributed by atoms with Gasteiger partial charge in [0.05, 0.1) is 19.0 Å². The number of hydrogen-bond donors (Lipinski definition) is 2. The molecule has 2 aromatic rings. The average Bonchev–Trinajstić information content (AvgIpc) is 2.87. The molecule has 0 aliphatic carbocycles. The molecule has 0 saturated heterocycles. The first-order valence-corrected chi connectivity index (χ1v) is 5.45. The maximum Gasteiger partial charge on any atom is 0.449 e. The third kappa shape index (κ3) is 2.70. The predicted molar refractivity (Wildman–Crippen MR) is 63.5 cm³/mol. The summed E-state index contributed by atoms with van der Waals surface area (Å²) in [4.78, 5) is 5.56. The highest BCUT2D eigenvalue weighted by molar-refractivity contribution is 5.61. The summed E-state index contributed by atoms with van der Waals surface area (Å²) in [5.74, 6) is -0.422. The number of aromatic amines is 1. The number of H-pyrrole nitrogens is 1. The highest BCUT2D eigenvalue weighted by Crippen LogP contribution is 2.30. The molecule has 19 heavy (non-hydrogen) atoms. The van der Waals surface area contributed by atoms with Crippen molar-refractivity contribution in [3.8, 4) is 17.0 Å². The molecule has 1 aromatic carbocycles. The van der Waals surface area contributed by atoms with E-state index in [4.69, 9.17) is 10.5 Å². The Bertz CT molecular complexity index is 578. The van der Waals surface area contributed by atoms with Crippen molar-refractivity contribution in [2.75, 3.05) is 7.11 Å². The van der Waals surface area contributed by atoms with E-state index >= 15 is 0 Å². The molecule has 0 amide bonds. The SMILES string of the molecule is COc1ccc(-c2cnc(C(F)(F)F)[nH]2)cc1CN. The number of alkyl halides is 3. The zero-order chi connectivity index (χ0) is 14.0. The molecule has 0 bridgehead atoms. The van der Waals surface area contributed by atoms with Crippen LogP contribution >= 0.6 is 0 Å². The Morgan fingerprint density at radius 1 is 1.37 bits per heavy atom. The second kappa shape index (κ2) is 4.93. The molecule has 1 aromatic heterocycles. The highest BCUT2D eigenvalue weighted by Gasteiger charge is 2.34. The number of nitrogens with two attached hydrogens (primary N) is 1. The maximum absolute atomic E-state index is 12.4. The van der Waals surface area contributed by atoms with Crippen molar-refractivity contribution in [1.29, 1.82) is 0 Å². The van der Waals surface area contributed by atoms with Crippen LogP contribution in [0.2, 0.25) is 0 Å². The molecule has 102 valence electrons. The Morgan fingerprint density at radius 2 is 2.11 bits per heavy atom. The van der Waals surface area contributed by atoms with Crippen LogP contribution in [0.3, 0.4) is 0 Å². The third-order valence-corrected chi connectivity index (χ3v) is 2.66. The van der Waals surface area contributed by atoms with Crippen molar-refractivity contribution in [3.63, 3.8) is 0 Å². The van der Waals surface area contributed by atoms with Crippen molar-refractivity contribution in [1.82, 2.24) is 9.97 Å². The molecule has 0 atom stereocenters. The van der Waals surface area contributed by atoms with E-state index in [1.165, 1.54) is 7.11 Å². The standard InChI is InChI=1S/C12H12F3N3O/c1-19-10-3-2-7(4-8(10)5-16)9-6-17-11(18-9)12(13,14)15/h2-4,6H,5,16H2,1H3,(H,17,18). The number of hydrogen-bond acceptors (Lipinski definition) is 3. The first-order valence-electron chi connectivity index (χ1n) is 5.45. The number of imidazole rings is 1. The van der Waals surface area contributed by atoms with E-state index in [2.05, 4.69) is 9.97 Å². The van der Waals surface area contributed by atoms with E-state index in [1.54, 1.807) is 18.2 Å². The fraction of sp³-hybridized carbons (Fsp3) is 0.250. The van der Waals surface area contributed by atoms with Gasteiger partial charge in [-0.15, -0.1) is 0 Å². The Morgan fingerprint density at radius 3 is 2.63 bits per heavy atom. The molecular formula is C12H12F3N3O. The summed E-state index contributed by atoms with van der Waals surface area (Å²) in [5.41, 5.74) is 7.13. The second-order valence-electron chi connectivity index (χ2n) is 3.87. The van der Waals surface area contributed by atoms with Gasteiger partial charge in [-0.2, -0.15) is 13.2 Å². The van der Waals surface area contributed by atoms with Gasteiger partial charge in [0, 0.05) is 17.7 Å². The van der Waals surface area contributed by atoms with Crippen LogP contribution in [0.4, 0.5) is 13.2 Å². The number of ether oxygens (including phenoxy) is 1. The number of methoxy groups -OCH3 is 1. The molecule has 0 aliphatic heterocycles. The first kappa shape index (κ1) is 13.4. The summed E-state index contributed by atoms with van der Waals surface area (Å²) in [6.45, 7) is 0.233. The summed E-state index contributed by atoms with van der Waals surface area (Å²) >= 11 is 0. The summed E-state index contributed by atoms with van der Waals surface area (Å²) in [7, 11) is 1.51. The molecule has 0 spiro atoms. The highest BCUT2D eigenvalue weighted by atomic mass is 19.4. The monoisotopic (exact) mass is 271 g/mol. The van der Waals surface area contributed by atoms with E-state index in [-0.39, 0.29) is 12.2 Å². The molecule has 0 saturated carbocycles. The number of nitrogens with one attached hydrogen (secondary N) is 1. The van der Waals surface area contributed by atoms with Gasteiger partial charge in [-0.1, -0.05) is 0 Å². The average molecular weight is 271 g/mol. The number of aromatic nitrogens is 2. The zero-order valence-corrected chi connectivity index (χ0v) is 10.1. The number of benzene rings is 1.